The number of piperidine rings is 2. The van der Waals surface area contributed by atoms with Gasteiger partial charge in [0.05, 0.1) is 23.5 Å². The summed E-state index contributed by atoms with van der Waals surface area (Å²) in [5.74, 6) is 1.13. The van der Waals surface area contributed by atoms with E-state index in [1.807, 2.05) is 12.3 Å². The molecule has 0 bridgehead atoms. The molecule has 3 aromatic heterocycles. The van der Waals surface area contributed by atoms with Crippen LogP contribution in [0.3, 0.4) is 0 Å². The quantitative estimate of drug-likeness (QED) is 0.179. The molecule has 9 rings (SSSR count). The van der Waals surface area contributed by atoms with Gasteiger partial charge in [-0.3, -0.25) is 38.9 Å². The number of hydrogen-bond donors (Lipinski definition) is 2. The van der Waals surface area contributed by atoms with Crippen LogP contribution in [0.1, 0.15) is 91.4 Å². The highest BCUT2D eigenvalue weighted by atomic mass is 16.2. The van der Waals surface area contributed by atoms with Crippen molar-refractivity contribution in [2.45, 2.75) is 90.4 Å². The molecule has 1 aromatic carbocycles. The Morgan fingerprint density at radius 3 is 2.30 bits per heavy atom. The second-order valence-electron chi connectivity index (χ2n) is 16.7. The summed E-state index contributed by atoms with van der Waals surface area (Å²) in [4.78, 5) is 73.9. The number of nitrogens with one attached hydrogen (secondary N) is 2. The second-order valence-corrected chi connectivity index (χ2v) is 16.7. The summed E-state index contributed by atoms with van der Waals surface area (Å²) in [6, 6.07) is 10.6. The Labute approximate surface area is 332 Å². The maximum Gasteiger partial charge on any atom is 0.263 e. The van der Waals surface area contributed by atoms with Crippen LogP contribution in [0.25, 0.3) is 11.0 Å². The first-order valence-electron chi connectivity index (χ1n) is 20.8. The zero-order chi connectivity index (χ0) is 39.2. The summed E-state index contributed by atoms with van der Waals surface area (Å²) < 4.78 is 1.73. The summed E-state index contributed by atoms with van der Waals surface area (Å²) >= 11 is 0. The third kappa shape index (κ3) is 7.52. The van der Waals surface area contributed by atoms with Crippen molar-refractivity contribution < 1.29 is 14.4 Å². The molecule has 298 valence electrons. The predicted octanol–water partition coefficient (Wildman–Crippen LogP) is 4.72. The number of anilines is 4. The Kier molecular flexibility index (Phi) is 10.2. The monoisotopic (exact) mass is 772 g/mol. The zero-order valence-corrected chi connectivity index (χ0v) is 33.0. The number of fused-ring (bicyclic) bond motifs is 2. The standard InChI is InChI=1S/C43H52N10O4/c1-27-35-23-45-43(48-40(35)53(32-5-3-4-6-32)42(57)39(27)28(2)54)46-37-11-9-34(22-44-37)51-19-17-49(18-20-51)24-29-13-15-50(16-14-29)33-8-7-30-25-52(26-31(30)21-33)36-10-12-38(55)47-41(36)56/h7-9,11,21-23,29,32,36H,3-6,10,12-20,24-26H2,1-2H3,(H,47,55,56)(H,44,45,46,48). The molecule has 14 heteroatoms. The van der Waals surface area contributed by atoms with Gasteiger partial charge in [0, 0.05) is 88.6 Å². The van der Waals surface area contributed by atoms with Gasteiger partial charge < -0.3 is 15.1 Å². The molecule has 1 saturated carbocycles. The molecule has 14 nitrogen and oxygen atoms in total. The van der Waals surface area contributed by atoms with Crippen molar-refractivity contribution in [2.75, 3.05) is 60.9 Å². The first-order valence-corrected chi connectivity index (χ1v) is 20.8. The lowest BCUT2D eigenvalue weighted by atomic mass is 9.95. The smallest absolute Gasteiger partial charge is 0.263 e. The van der Waals surface area contributed by atoms with E-state index in [-0.39, 0.29) is 40.8 Å². The lowest BCUT2D eigenvalue weighted by molar-refractivity contribution is -0.137. The first-order chi connectivity index (χ1) is 27.7. The van der Waals surface area contributed by atoms with Crippen LogP contribution in [-0.2, 0) is 22.7 Å². The minimum absolute atomic E-state index is 0.0256. The SMILES string of the molecule is CC(=O)c1c(C)c2cnc(Nc3ccc(N4CCN(CC5CCN(c6ccc7c(c6)CN(C6CCC(=O)NC6=O)C7)CC5)CC4)cn3)nc2n(C2CCCC2)c1=O. The van der Waals surface area contributed by atoms with Crippen LogP contribution < -0.4 is 26.0 Å². The van der Waals surface area contributed by atoms with Gasteiger partial charge in [0.25, 0.3) is 5.56 Å². The van der Waals surface area contributed by atoms with Gasteiger partial charge in [0.1, 0.15) is 11.5 Å². The fraction of sp³-hybridized carbons (Fsp3) is 0.512. The Morgan fingerprint density at radius 2 is 1.58 bits per heavy atom. The lowest BCUT2D eigenvalue weighted by Crippen LogP contribution is -2.50. The second kappa shape index (κ2) is 15.6. The Morgan fingerprint density at radius 1 is 0.842 bits per heavy atom. The number of benzene rings is 1. The number of ketones is 1. The van der Waals surface area contributed by atoms with E-state index in [1.165, 1.54) is 36.6 Å². The Hall–Kier alpha value is -5.21. The highest BCUT2D eigenvalue weighted by Gasteiger charge is 2.35. The Balaban J connectivity index is 0.762. The van der Waals surface area contributed by atoms with Gasteiger partial charge in [-0.15, -0.1) is 0 Å². The normalized spacial score (nSPS) is 21.3. The number of amides is 2. The minimum Gasteiger partial charge on any atom is -0.372 e. The third-order valence-corrected chi connectivity index (χ3v) is 13.1. The van der Waals surface area contributed by atoms with Crippen molar-refractivity contribution in [3.05, 3.63) is 75.3 Å². The summed E-state index contributed by atoms with van der Waals surface area (Å²) in [6.07, 6.45) is 10.9. The number of imide groups is 1. The van der Waals surface area contributed by atoms with E-state index in [9.17, 15) is 19.2 Å². The molecular weight excluding hydrogens is 721 g/mol. The van der Waals surface area contributed by atoms with Crippen LogP contribution in [0.4, 0.5) is 23.1 Å². The molecule has 2 N–H and O–H groups in total. The lowest BCUT2D eigenvalue weighted by Gasteiger charge is -2.40. The number of piperazine rings is 1. The van der Waals surface area contributed by atoms with Crippen LogP contribution in [0.2, 0.25) is 0 Å². The minimum atomic E-state index is -0.258. The van der Waals surface area contributed by atoms with E-state index in [0.717, 1.165) is 95.7 Å². The summed E-state index contributed by atoms with van der Waals surface area (Å²) in [7, 11) is 0. The molecule has 5 aliphatic rings. The van der Waals surface area contributed by atoms with Crippen LogP contribution in [0.5, 0.6) is 0 Å². The van der Waals surface area contributed by atoms with E-state index in [0.29, 0.717) is 41.7 Å². The van der Waals surface area contributed by atoms with Gasteiger partial charge >= 0.3 is 0 Å². The van der Waals surface area contributed by atoms with Crippen molar-refractivity contribution in [2.24, 2.45) is 5.92 Å². The number of aromatic nitrogens is 4. The fourth-order valence-electron chi connectivity index (χ4n) is 9.85. The first kappa shape index (κ1) is 37.4. The molecule has 4 aliphatic heterocycles. The molecule has 7 heterocycles. The highest BCUT2D eigenvalue weighted by Crippen LogP contribution is 2.34. The topological polar surface area (TPSA) is 149 Å². The predicted molar refractivity (Wildman–Crippen MR) is 219 cm³/mol. The number of rotatable bonds is 9. The number of pyridine rings is 2. The van der Waals surface area contributed by atoms with Gasteiger partial charge in [-0.2, -0.15) is 4.98 Å². The van der Waals surface area contributed by atoms with E-state index < -0.39 is 0 Å². The molecule has 0 radical (unpaired) electrons. The van der Waals surface area contributed by atoms with Gasteiger partial charge in [-0.25, -0.2) is 9.97 Å². The van der Waals surface area contributed by atoms with E-state index in [1.54, 1.807) is 17.7 Å². The average Bonchev–Trinajstić information content (AvgIpc) is 3.89. The zero-order valence-electron chi connectivity index (χ0n) is 33.0. The van der Waals surface area contributed by atoms with Crippen LogP contribution in [-0.4, -0.2) is 98.8 Å². The number of Topliss-reactive ketones (excluding diaryl/α,β-unsaturated/α-hetero) is 1. The van der Waals surface area contributed by atoms with E-state index in [4.69, 9.17) is 9.97 Å². The van der Waals surface area contributed by atoms with Gasteiger partial charge in [-0.05, 0) is 92.8 Å². The van der Waals surface area contributed by atoms with Crippen LogP contribution in [0, 0.1) is 12.8 Å². The van der Waals surface area contributed by atoms with Crippen LogP contribution >= 0.6 is 0 Å². The molecule has 0 spiro atoms. The molecule has 57 heavy (non-hydrogen) atoms. The number of carbonyl (C=O) groups excluding carboxylic acids is 3. The van der Waals surface area contributed by atoms with Crippen molar-refractivity contribution in [1.29, 1.82) is 0 Å². The number of aryl methyl sites for hydroxylation is 1. The van der Waals surface area contributed by atoms with E-state index in [2.05, 4.69) is 59.5 Å². The third-order valence-electron chi connectivity index (χ3n) is 13.1. The average molecular weight is 773 g/mol. The van der Waals surface area contributed by atoms with Crippen LogP contribution in [0.15, 0.2) is 47.5 Å². The van der Waals surface area contributed by atoms with Gasteiger partial charge in [0.15, 0.2) is 5.78 Å². The van der Waals surface area contributed by atoms with Crippen molar-refractivity contribution in [3.63, 3.8) is 0 Å². The number of carbonyl (C=O) groups is 3. The summed E-state index contributed by atoms with van der Waals surface area (Å²) in [5, 5.41) is 6.48. The molecular formula is C43H52N10O4. The maximum atomic E-state index is 13.6. The largest absolute Gasteiger partial charge is 0.372 e. The number of nitrogens with zero attached hydrogens (tertiary/aromatic N) is 8. The molecule has 2 amide bonds. The maximum absolute atomic E-state index is 13.6. The summed E-state index contributed by atoms with van der Waals surface area (Å²) in [5.41, 5.74) is 6.11. The molecule has 1 aliphatic carbocycles. The molecule has 3 saturated heterocycles. The van der Waals surface area contributed by atoms with Gasteiger partial charge in [0.2, 0.25) is 17.8 Å². The molecule has 4 fully saturated rings. The van der Waals surface area contributed by atoms with Crippen molar-refractivity contribution in [1.82, 2.24) is 34.6 Å². The van der Waals surface area contributed by atoms with Crippen molar-refractivity contribution in [3.8, 4) is 0 Å². The molecule has 4 aromatic rings. The van der Waals surface area contributed by atoms with E-state index >= 15 is 0 Å². The molecule has 1 atom stereocenters. The highest BCUT2D eigenvalue weighted by molar-refractivity contribution is 6.00. The number of hydrogen-bond acceptors (Lipinski definition) is 12. The van der Waals surface area contributed by atoms with Crippen molar-refractivity contribution >= 4 is 51.8 Å². The Bertz CT molecular complexity index is 2250. The fourth-order valence-corrected chi connectivity index (χ4v) is 9.85. The van der Waals surface area contributed by atoms with Gasteiger partial charge in [-0.1, -0.05) is 18.9 Å². The molecule has 1 unspecified atom stereocenters. The summed E-state index contributed by atoms with van der Waals surface area (Å²) in [6.45, 7) is 11.9.